The third-order valence-electron chi connectivity index (χ3n) is 4.29. The summed E-state index contributed by atoms with van der Waals surface area (Å²) in [5.41, 5.74) is 3.02. The fourth-order valence-corrected chi connectivity index (χ4v) is 3.82. The molecule has 1 aliphatic rings. The molecule has 0 spiro atoms. The van der Waals surface area contributed by atoms with Gasteiger partial charge in [0.2, 0.25) is 5.88 Å². The molecule has 0 atom stereocenters. The lowest BCUT2D eigenvalue weighted by Crippen LogP contribution is -2.28. The van der Waals surface area contributed by atoms with Gasteiger partial charge >= 0.3 is 6.18 Å². The summed E-state index contributed by atoms with van der Waals surface area (Å²) in [5, 5.41) is 0.0531. The Kier molecular flexibility index (Phi) is 4.81. The van der Waals surface area contributed by atoms with Crippen molar-refractivity contribution in [2.24, 2.45) is 0 Å². The first kappa shape index (κ1) is 18.8. The number of hydrogen-bond acceptors (Lipinski definition) is 5. The van der Waals surface area contributed by atoms with Gasteiger partial charge in [-0.05, 0) is 30.2 Å². The van der Waals surface area contributed by atoms with Crippen LogP contribution in [-0.2, 0) is 11.8 Å². The van der Waals surface area contributed by atoms with E-state index >= 15 is 0 Å². The second kappa shape index (κ2) is 6.64. The monoisotopic (exact) mass is 384 g/mol. The van der Waals surface area contributed by atoms with Crippen molar-refractivity contribution in [2.75, 3.05) is 20.0 Å². The molecule has 0 radical (unpaired) electrons. The van der Waals surface area contributed by atoms with Gasteiger partial charge in [-0.2, -0.15) is 18.2 Å². The highest BCUT2D eigenvalue weighted by Gasteiger charge is 2.37. The fourth-order valence-electron chi connectivity index (χ4n) is 3.22. The van der Waals surface area contributed by atoms with Crippen LogP contribution in [0.5, 0.6) is 11.6 Å². The minimum Gasteiger partial charge on any atom is -0.497 e. The van der Waals surface area contributed by atoms with Crippen LogP contribution >= 0.6 is 11.8 Å². The van der Waals surface area contributed by atoms with E-state index in [2.05, 4.69) is 9.97 Å². The maximum atomic E-state index is 12.6. The molecule has 140 valence electrons. The fraction of sp³-hybridized carbons (Fsp3) is 0.444. The summed E-state index contributed by atoms with van der Waals surface area (Å²) < 4.78 is 48.5. The van der Waals surface area contributed by atoms with Crippen molar-refractivity contribution in [1.82, 2.24) is 9.97 Å². The number of thioether (sulfide) groups is 1. The van der Waals surface area contributed by atoms with Gasteiger partial charge < -0.3 is 9.47 Å². The van der Waals surface area contributed by atoms with Gasteiger partial charge in [-0.25, -0.2) is 4.98 Å². The summed E-state index contributed by atoms with van der Waals surface area (Å²) in [6.45, 7) is 4.09. The number of halogens is 3. The number of alkyl halides is 3. The Balaban J connectivity index is 2.15. The molecule has 0 aliphatic heterocycles. The summed E-state index contributed by atoms with van der Waals surface area (Å²) >= 11 is 0.560. The topological polar surface area (TPSA) is 44.2 Å². The highest BCUT2D eigenvalue weighted by atomic mass is 32.2. The summed E-state index contributed by atoms with van der Waals surface area (Å²) in [5.74, 6) is 0.00944. The molecule has 3 rings (SSSR count). The lowest BCUT2D eigenvalue weighted by atomic mass is 9.72. The number of ether oxygens (including phenoxy) is 2. The number of nitrogens with zero attached hydrogens (tertiary/aromatic N) is 2. The summed E-state index contributed by atoms with van der Waals surface area (Å²) in [4.78, 5) is 8.66. The third-order valence-corrected chi connectivity index (χ3v) is 5.20. The van der Waals surface area contributed by atoms with Crippen molar-refractivity contribution >= 4 is 11.8 Å². The summed E-state index contributed by atoms with van der Waals surface area (Å²) in [7, 11) is 3.07. The van der Waals surface area contributed by atoms with E-state index in [4.69, 9.17) is 9.47 Å². The van der Waals surface area contributed by atoms with Crippen molar-refractivity contribution in [3.05, 3.63) is 29.3 Å². The minimum absolute atomic E-state index is 0.0531. The first-order chi connectivity index (χ1) is 12.1. The highest BCUT2D eigenvalue weighted by molar-refractivity contribution is 7.99. The van der Waals surface area contributed by atoms with Gasteiger partial charge in [-0.1, -0.05) is 25.6 Å². The van der Waals surface area contributed by atoms with Gasteiger partial charge in [0.25, 0.3) is 0 Å². The smallest absolute Gasteiger partial charge is 0.398 e. The lowest BCUT2D eigenvalue weighted by Gasteiger charge is -2.34. The normalized spacial score (nSPS) is 15.2. The van der Waals surface area contributed by atoms with Crippen molar-refractivity contribution < 1.29 is 22.6 Å². The second-order valence-corrected chi connectivity index (χ2v) is 7.67. The standard InChI is InChI=1S/C18H19F3N2O2S/c1-17(2)8-10-7-11(24-3)5-6-12(10)14-13(17)15(25-4)23-16(22-14)26-9-18(19,20)21/h5-7H,8-9H2,1-4H3. The van der Waals surface area contributed by atoms with Crippen LogP contribution < -0.4 is 9.47 Å². The Hall–Kier alpha value is -1.96. The SMILES string of the molecule is COc1ccc2c(c1)CC(C)(C)c1c(OC)nc(SCC(F)(F)F)nc1-2. The average molecular weight is 384 g/mol. The Morgan fingerprint density at radius 2 is 1.88 bits per heavy atom. The Morgan fingerprint density at radius 3 is 2.50 bits per heavy atom. The van der Waals surface area contributed by atoms with E-state index in [0.717, 1.165) is 28.9 Å². The molecule has 4 nitrogen and oxygen atoms in total. The van der Waals surface area contributed by atoms with Crippen molar-refractivity contribution in [3.63, 3.8) is 0 Å². The molecule has 0 amide bonds. The van der Waals surface area contributed by atoms with E-state index in [9.17, 15) is 13.2 Å². The summed E-state index contributed by atoms with van der Waals surface area (Å²) in [6.07, 6.45) is -3.57. The van der Waals surface area contributed by atoms with Gasteiger partial charge in [0.15, 0.2) is 5.16 Å². The molecule has 0 N–H and O–H groups in total. The minimum atomic E-state index is -4.29. The molecule has 1 aromatic carbocycles. The zero-order chi connectivity index (χ0) is 19.1. The first-order valence-corrected chi connectivity index (χ1v) is 8.96. The Morgan fingerprint density at radius 1 is 1.15 bits per heavy atom. The number of hydrogen-bond donors (Lipinski definition) is 0. The number of fused-ring (bicyclic) bond motifs is 3. The van der Waals surface area contributed by atoms with Crippen LogP contribution in [0, 0.1) is 0 Å². The number of methoxy groups -OCH3 is 2. The highest BCUT2D eigenvalue weighted by Crippen LogP contribution is 2.47. The van der Waals surface area contributed by atoms with E-state index in [-0.39, 0.29) is 10.6 Å². The zero-order valence-corrected chi connectivity index (χ0v) is 15.7. The molecular formula is C18H19F3N2O2S. The van der Waals surface area contributed by atoms with E-state index in [1.807, 2.05) is 32.0 Å². The maximum Gasteiger partial charge on any atom is 0.398 e. The number of benzene rings is 1. The largest absolute Gasteiger partial charge is 0.497 e. The van der Waals surface area contributed by atoms with Crippen LogP contribution in [0.15, 0.2) is 23.4 Å². The van der Waals surface area contributed by atoms with Crippen molar-refractivity contribution in [1.29, 1.82) is 0 Å². The first-order valence-electron chi connectivity index (χ1n) is 7.98. The number of rotatable bonds is 4. The van der Waals surface area contributed by atoms with E-state index < -0.39 is 11.9 Å². The van der Waals surface area contributed by atoms with Gasteiger partial charge in [0, 0.05) is 16.5 Å². The van der Waals surface area contributed by atoms with Gasteiger partial charge in [-0.15, -0.1) is 0 Å². The van der Waals surface area contributed by atoms with Gasteiger partial charge in [0.05, 0.1) is 25.7 Å². The third kappa shape index (κ3) is 3.60. The predicted molar refractivity (Wildman–Crippen MR) is 94.1 cm³/mol. The van der Waals surface area contributed by atoms with Crippen molar-refractivity contribution in [3.8, 4) is 22.9 Å². The Bertz CT molecular complexity index is 838. The van der Waals surface area contributed by atoms with E-state index in [0.29, 0.717) is 23.3 Å². The molecule has 0 fully saturated rings. The van der Waals surface area contributed by atoms with Crippen molar-refractivity contribution in [2.45, 2.75) is 37.0 Å². The molecule has 0 saturated heterocycles. The van der Waals surface area contributed by atoms with E-state index in [1.165, 1.54) is 7.11 Å². The van der Waals surface area contributed by atoms with Gasteiger partial charge in [0.1, 0.15) is 5.75 Å². The molecular weight excluding hydrogens is 365 g/mol. The lowest BCUT2D eigenvalue weighted by molar-refractivity contribution is -0.105. The maximum absolute atomic E-state index is 12.6. The number of aromatic nitrogens is 2. The molecule has 0 bridgehead atoms. The van der Waals surface area contributed by atoms with Crippen LogP contribution in [0.1, 0.15) is 25.0 Å². The Labute approximate surface area is 154 Å². The molecule has 1 aliphatic carbocycles. The molecule has 0 unspecified atom stereocenters. The molecule has 8 heteroatoms. The molecule has 1 aromatic heterocycles. The van der Waals surface area contributed by atoms with Crippen LogP contribution in [-0.4, -0.2) is 36.1 Å². The van der Waals surface area contributed by atoms with Crippen LogP contribution in [0.4, 0.5) is 13.2 Å². The van der Waals surface area contributed by atoms with Gasteiger partial charge in [-0.3, -0.25) is 0 Å². The second-order valence-electron chi connectivity index (χ2n) is 6.73. The quantitative estimate of drug-likeness (QED) is 0.567. The molecule has 2 aromatic rings. The predicted octanol–water partition coefficient (Wildman–Crippen LogP) is 4.65. The molecule has 26 heavy (non-hydrogen) atoms. The van der Waals surface area contributed by atoms with E-state index in [1.54, 1.807) is 7.11 Å². The molecule has 1 heterocycles. The van der Waals surface area contributed by atoms with Crippen LogP contribution in [0.3, 0.4) is 0 Å². The molecule has 0 saturated carbocycles. The van der Waals surface area contributed by atoms with Crippen LogP contribution in [0.2, 0.25) is 0 Å². The average Bonchev–Trinajstić information content (AvgIpc) is 2.57. The zero-order valence-electron chi connectivity index (χ0n) is 14.9. The summed E-state index contributed by atoms with van der Waals surface area (Å²) in [6, 6.07) is 5.64. The van der Waals surface area contributed by atoms with Crippen LogP contribution in [0.25, 0.3) is 11.3 Å².